The van der Waals surface area contributed by atoms with Crippen LogP contribution in [0.3, 0.4) is 0 Å². The molecule has 0 amide bonds. The molecular formula is C19H16F2N4OS2. The van der Waals surface area contributed by atoms with Crippen molar-refractivity contribution >= 4 is 44.3 Å². The van der Waals surface area contributed by atoms with E-state index in [1.807, 2.05) is 5.38 Å². The fourth-order valence-electron chi connectivity index (χ4n) is 3.08. The third kappa shape index (κ3) is 3.14. The summed E-state index contributed by atoms with van der Waals surface area (Å²) in [6, 6.07) is 8.54. The summed E-state index contributed by atoms with van der Waals surface area (Å²) in [4.78, 5) is 22.4. The highest BCUT2D eigenvalue weighted by molar-refractivity contribution is 7.99. The molecule has 0 fully saturated rings. The van der Waals surface area contributed by atoms with Gasteiger partial charge in [-0.05, 0) is 30.5 Å². The third-order valence-corrected chi connectivity index (χ3v) is 6.22. The van der Waals surface area contributed by atoms with Gasteiger partial charge in [0.25, 0.3) is 5.56 Å². The number of aromatic nitrogens is 4. The average Bonchev–Trinajstić information content (AvgIpc) is 3.29. The number of para-hydroxylation sites is 2. The highest BCUT2D eigenvalue weighted by atomic mass is 32.2. The molecule has 1 aromatic carbocycles. The monoisotopic (exact) mass is 418 g/mol. The molecule has 0 radical (unpaired) electrons. The molecule has 0 N–H and O–H groups in total. The van der Waals surface area contributed by atoms with E-state index in [0.29, 0.717) is 26.4 Å². The normalized spacial score (nSPS) is 12.9. The van der Waals surface area contributed by atoms with Crippen molar-refractivity contribution in [1.82, 2.24) is 19.1 Å². The Labute approximate surface area is 167 Å². The van der Waals surface area contributed by atoms with Crippen molar-refractivity contribution in [2.75, 3.05) is 0 Å². The number of benzene rings is 1. The molecule has 0 spiro atoms. The van der Waals surface area contributed by atoms with Gasteiger partial charge in [-0.15, -0.1) is 17.9 Å². The SMILES string of the molecule is C=CCn1c(SC(C)c2nc3ccccc3n2C(F)F)nc2sccc2c1=O. The minimum Gasteiger partial charge on any atom is -0.283 e. The van der Waals surface area contributed by atoms with Crippen LogP contribution in [0, 0.1) is 0 Å². The number of allylic oxidation sites excluding steroid dienone is 1. The molecule has 28 heavy (non-hydrogen) atoms. The Bertz CT molecular complexity index is 1230. The van der Waals surface area contributed by atoms with Gasteiger partial charge in [0.05, 0.1) is 21.7 Å². The van der Waals surface area contributed by atoms with Crippen LogP contribution in [0.25, 0.3) is 21.3 Å². The van der Waals surface area contributed by atoms with E-state index >= 15 is 0 Å². The lowest BCUT2D eigenvalue weighted by molar-refractivity contribution is 0.0715. The predicted octanol–water partition coefficient (Wildman–Crippen LogP) is 5.24. The van der Waals surface area contributed by atoms with Gasteiger partial charge < -0.3 is 0 Å². The maximum absolute atomic E-state index is 13.8. The molecule has 1 unspecified atom stereocenters. The summed E-state index contributed by atoms with van der Waals surface area (Å²) in [5, 5.41) is 2.37. The van der Waals surface area contributed by atoms with E-state index in [1.54, 1.807) is 43.3 Å². The molecule has 4 rings (SSSR count). The van der Waals surface area contributed by atoms with E-state index in [-0.39, 0.29) is 17.9 Å². The van der Waals surface area contributed by atoms with Crippen LogP contribution in [0.1, 0.15) is 24.5 Å². The van der Waals surface area contributed by atoms with E-state index in [4.69, 9.17) is 0 Å². The second kappa shape index (κ2) is 7.48. The van der Waals surface area contributed by atoms with Crippen molar-refractivity contribution in [3.8, 4) is 0 Å². The number of hydrogen-bond acceptors (Lipinski definition) is 5. The molecule has 3 heterocycles. The minimum atomic E-state index is -2.71. The van der Waals surface area contributed by atoms with Gasteiger partial charge in [-0.1, -0.05) is 30.0 Å². The molecule has 0 saturated heterocycles. The molecule has 0 bridgehead atoms. The first-order valence-electron chi connectivity index (χ1n) is 8.52. The zero-order valence-electron chi connectivity index (χ0n) is 14.9. The molecule has 1 atom stereocenters. The Morgan fingerprint density at radius 3 is 2.82 bits per heavy atom. The summed E-state index contributed by atoms with van der Waals surface area (Å²) in [5.74, 6) is 0.242. The smallest absolute Gasteiger partial charge is 0.283 e. The fraction of sp³-hybridized carbons (Fsp3) is 0.211. The molecule has 9 heteroatoms. The van der Waals surface area contributed by atoms with Gasteiger partial charge >= 0.3 is 6.55 Å². The number of imidazole rings is 1. The van der Waals surface area contributed by atoms with Gasteiger partial charge in [-0.2, -0.15) is 8.78 Å². The Morgan fingerprint density at radius 1 is 1.29 bits per heavy atom. The van der Waals surface area contributed by atoms with Gasteiger partial charge in [-0.3, -0.25) is 13.9 Å². The van der Waals surface area contributed by atoms with E-state index < -0.39 is 11.8 Å². The first kappa shape index (κ1) is 18.8. The summed E-state index contributed by atoms with van der Waals surface area (Å²) in [6.07, 6.45) is 1.62. The van der Waals surface area contributed by atoms with Gasteiger partial charge in [0.15, 0.2) is 5.16 Å². The van der Waals surface area contributed by atoms with Crippen molar-refractivity contribution in [3.63, 3.8) is 0 Å². The van der Waals surface area contributed by atoms with Crippen LogP contribution in [0.4, 0.5) is 8.78 Å². The molecule has 4 aromatic rings. The lowest BCUT2D eigenvalue weighted by atomic mass is 10.3. The van der Waals surface area contributed by atoms with Crippen LogP contribution < -0.4 is 5.56 Å². The Morgan fingerprint density at radius 2 is 2.07 bits per heavy atom. The molecule has 0 aliphatic heterocycles. The van der Waals surface area contributed by atoms with E-state index in [9.17, 15) is 13.6 Å². The molecule has 0 aliphatic carbocycles. The summed E-state index contributed by atoms with van der Waals surface area (Å²) in [5.41, 5.74) is 0.726. The molecular weight excluding hydrogens is 402 g/mol. The van der Waals surface area contributed by atoms with Gasteiger partial charge in [0.2, 0.25) is 0 Å². The zero-order chi connectivity index (χ0) is 19.8. The highest BCUT2D eigenvalue weighted by Gasteiger charge is 2.24. The molecule has 0 saturated carbocycles. The number of rotatable bonds is 6. The fourth-order valence-corrected chi connectivity index (χ4v) is 4.90. The first-order valence-corrected chi connectivity index (χ1v) is 10.3. The van der Waals surface area contributed by atoms with Crippen LogP contribution in [0.5, 0.6) is 0 Å². The standard InChI is InChI=1S/C19H16F2N4OS2/c1-3-9-24-17(26)12-8-10-27-16(12)23-19(24)28-11(2)15-22-13-6-4-5-7-14(13)25(15)18(20)21/h3-8,10-11,18H,1,9H2,2H3. The maximum Gasteiger partial charge on any atom is 0.320 e. The Balaban J connectivity index is 1.81. The summed E-state index contributed by atoms with van der Waals surface area (Å²) in [7, 11) is 0. The van der Waals surface area contributed by atoms with Crippen molar-refractivity contribution in [1.29, 1.82) is 0 Å². The number of alkyl halides is 2. The summed E-state index contributed by atoms with van der Waals surface area (Å²) in [6.45, 7) is 3.06. The Kier molecular flexibility index (Phi) is 5.03. The molecule has 144 valence electrons. The largest absolute Gasteiger partial charge is 0.320 e. The number of fused-ring (bicyclic) bond motifs is 2. The maximum atomic E-state index is 13.8. The van der Waals surface area contributed by atoms with E-state index in [2.05, 4.69) is 16.5 Å². The molecule has 3 aromatic heterocycles. The summed E-state index contributed by atoms with van der Waals surface area (Å²) >= 11 is 2.61. The van der Waals surface area contributed by atoms with Crippen molar-refractivity contribution in [3.05, 3.63) is 64.5 Å². The van der Waals surface area contributed by atoms with E-state index in [0.717, 1.165) is 4.57 Å². The van der Waals surface area contributed by atoms with Crippen molar-refractivity contribution in [2.24, 2.45) is 0 Å². The van der Waals surface area contributed by atoms with Crippen molar-refractivity contribution in [2.45, 2.75) is 30.4 Å². The topological polar surface area (TPSA) is 52.7 Å². The van der Waals surface area contributed by atoms with Crippen molar-refractivity contribution < 1.29 is 8.78 Å². The van der Waals surface area contributed by atoms with E-state index in [1.165, 1.54) is 27.7 Å². The minimum absolute atomic E-state index is 0.164. The average molecular weight is 418 g/mol. The zero-order valence-corrected chi connectivity index (χ0v) is 16.5. The quantitative estimate of drug-likeness (QED) is 0.244. The second-order valence-corrected chi connectivity index (χ2v) is 8.31. The number of hydrogen-bond donors (Lipinski definition) is 0. The molecule has 5 nitrogen and oxygen atoms in total. The number of thioether (sulfide) groups is 1. The van der Waals surface area contributed by atoms with Crippen LogP contribution in [0.2, 0.25) is 0 Å². The van der Waals surface area contributed by atoms with Crippen LogP contribution in [0.15, 0.2) is 58.3 Å². The van der Waals surface area contributed by atoms with Crippen LogP contribution in [-0.4, -0.2) is 19.1 Å². The lowest BCUT2D eigenvalue weighted by Crippen LogP contribution is -2.22. The van der Waals surface area contributed by atoms with Crippen LogP contribution in [-0.2, 0) is 6.54 Å². The van der Waals surface area contributed by atoms with Gasteiger partial charge in [-0.25, -0.2) is 9.97 Å². The summed E-state index contributed by atoms with van der Waals surface area (Å²) < 4.78 is 30.0. The van der Waals surface area contributed by atoms with Gasteiger partial charge in [0.1, 0.15) is 10.7 Å². The highest BCUT2D eigenvalue weighted by Crippen LogP contribution is 2.37. The third-order valence-electron chi connectivity index (χ3n) is 4.32. The molecule has 0 aliphatic rings. The number of thiophene rings is 1. The lowest BCUT2D eigenvalue weighted by Gasteiger charge is -2.16. The predicted molar refractivity (Wildman–Crippen MR) is 109 cm³/mol. The Hall–Kier alpha value is -2.52. The number of halogens is 2. The second-order valence-electron chi connectivity index (χ2n) is 6.10. The first-order chi connectivity index (χ1) is 13.5. The van der Waals surface area contributed by atoms with Gasteiger partial charge in [0, 0.05) is 6.54 Å². The number of nitrogens with zero attached hydrogens (tertiary/aromatic N) is 4. The van der Waals surface area contributed by atoms with Crippen LogP contribution >= 0.6 is 23.1 Å².